The first kappa shape index (κ1) is 8.47. The van der Waals surface area contributed by atoms with Crippen molar-refractivity contribution in [3.05, 3.63) is 29.8 Å². The van der Waals surface area contributed by atoms with Crippen LogP contribution in [0.5, 0.6) is 5.75 Å². The molecule has 1 aromatic rings. The largest absolute Gasteiger partial charge is 0.483 e. The molecule has 1 rings (SSSR count). The number of ether oxygens (including phenoxy) is 1. The molecule has 0 fully saturated rings. The topological polar surface area (TPSA) is 9.23 Å². The summed E-state index contributed by atoms with van der Waals surface area (Å²) in [5.74, 6) is 1.67. The minimum absolute atomic E-state index is 0.725. The third-order valence-electron chi connectivity index (χ3n) is 1.36. The minimum Gasteiger partial charge on any atom is -0.483 e. The molecule has 0 bridgehead atoms. The van der Waals surface area contributed by atoms with E-state index in [0.29, 0.717) is 0 Å². The summed E-state index contributed by atoms with van der Waals surface area (Å²) in [5, 5.41) is 0. The van der Waals surface area contributed by atoms with Crippen molar-refractivity contribution >= 4 is 11.8 Å². The fourth-order valence-electron chi connectivity index (χ4n) is 0.761. The molecule has 0 aliphatic rings. The molecule has 0 aliphatic heterocycles. The fourth-order valence-corrected chi connectivity index (χ4v) is 1.02. The first-order valence-electron chi connectivity index (χ1n) is 3.51. The van der Waals surface area contributed by atoms with Gasteiger partial charge in [0.2, 0.25) is 0 Å². The van der Waals surface area contributed by atoms with Gasteiger partial charge in [-0.25, -0.2) is 0 Å². The van der Waals surface area contributed by atoms with E-state index >= 15 is 0 Å². The Bertz CT molecular complexity index is 205. The highest BCUT2D eigenvalue weighted by Gasteiger charge is 1.89. The third kappa shape index (κ3) is 2.85. The molecule has 0 spiro atoms. The SMILES string of the molecule is CSCOc1ccc(C)cc1. The van der Waals surface area contributed by atoms with Gasteiger partial charge in [-0.3, -0.25) is 0 Å². The van der Waals surface area contributed by atoms with Gasteiger partial charge in [0.15, 0.2) is 0 Å². The van der Waals surface area contributed by atoms with E-state index in [1.807, 2.05) is 18.4 Å². The summed E-state index contributed by atoms with van der Waals surface area (Å²) in [6.07, 6.45) is 2.02. The highest BCUT2D eigenvalue weighted by Crippen LogP contribution is 2.12. The van der Waals surface area contributed by atoms with E-state index in [9.17, 15) is 0 Å². The minimum atomic E-state index is 0.725. The number of hydrogen-bond donors (Lipinski definition) is 0. The van der Waals surface area contributed by atoms with Crippen molar-refractivity contribution in [3.8, 4) is 5.75 Å². The summed E-state index contributed by atoms with van der Waals surface area (Å²) in [5.41, 5.74) is 1.27. The Hall–Kier alpha value is -0.630. The van der Waals surface area contributed by atoms with Crippen LogP contribution in [-0.2, 0) is 0 Å². The van der Waals surface area contributed by atoms with E-state index in [1.54, 1.807) is 11.8 Å². The second-order valence-corrected chi connectivity index (χ2v) is 3.18. The molecule has 0 saturated heterocycles. The molecular weight excluding hydrogens is 156 g/mol. The quantitative estimate of drug-likeness (QED) is 0.642. The zero-order valence-corrected chi connectivity index (χ0v) is 7.65. The molecule has 0 aromatic heterocycles. The molecule has 0 radical (unpaired) electrons. The molecule has 0 amide bonds. The first-order chi connectivity index (χ1) is 5.33. The molecule has 0 unspecified atom stereocenters. The Morgan fingerprint density at radius 1 is 1.27 bits per heavy atom. The Kier molecular flexibility index (Phi) is 3.30. The predicted molar refractivity (Wildman–Crippen MR) is 50.2 cm³/mol. The third-order valence-corrected chi connectivity index (χ3v) is 1.72. The lowest BCUT2D eigenvalue weighted by Gasteiger charge is -2.02. The van der Waals surface area contributed by atoms with Crippen LogP contribution in [0, 0.1) is 6.92 Å². The maximum absolute atomic E-state index is 5.37. The van der Waals surface area contributed by atoms with Gasteiger partial charge in [0, 0.05) is 0 Å². The maximum Gasteiger partial charge on any atom is 0.133 e. The summed E-state index contributed by atoms with van der Waals surface area (Å²) in [4.78, 5) is 0. The molecular formula is C9H12OS. The molecule has 0 atom stereocenters. The maximum atomic E-state index is 5.37. The Labute approximate surface area is 71.8 Å². The summed E-state index contributed by atoms with van der Waals surface area (Å²) < 4.78 is 5.37. The lowest BCUT2D eigenvalue weighted by atomic mass is 10.2. The zero-order chi connectivity index (χ0) is 8.10. The van der Waals surface area contributed by atoms with Crippen molar-refractivity contribution in [2.24, 2.45) is 0 Å². The van der Waals surface area contributed by atoms with Gasteiger partial charge in [0.25, 0.3) is 0 Å². The van der Waals surface area contributed by atoms with Crippen LogP contribution < -0.4 is 4.74 Å². The summed E-state index contributed by atoms with van der Waals surface area (Å²) in [7, 11) is 0. The van der Waals surface area contributed by atoms with Gasteiger partial charge < -0.3 is 4.74 Å². The number of benzene rings is 1. The summed E-state index contributed by atoms with van der Waals surface area (Å²) in [6, 6.07) is 8.09. The van der Waals surface area contributed by atoms with E-state index in [-0.39, 0.29) is 0 Å². The number of rotatable bonds is 3. The molecule has 0 heterocycles. The summed E-state index contributed by atoms with van der Waals surface area (Å²) in [6.45, 7) is 2.07. The van der Waals surface area contributed by atoms with Crippen molar-refractivity contribution < 1.29 is 4.74 Å². The molecule has 0 saturated carbocycles. The van der Waals surface area contributed by atoms with E-state index in [1.165, 1.54) is 5.56 Å². The van der Waals surface area contributed by atoms with Crippen LogP contribution in [0.15, 0.2) is 24.3 Å². The van der Waals surface area contributed by atoms with Crippen LogP contribution in [0.1, 0.15) is 5.56 Å². The van der Waals surface area contributed by atoms with Crippen LogP contribution >= 0.6 is 11.8 Å². The zero-order valence-electron chi connectivity index (χ0n) is 6.83. The number of hydrogen-bond acceptors (Lipinski definition) is 2. The van der Waals surface area contributed by atoms with Gasteiger partial charge in [0.05, 0.1) is 0 Å². The highest BCUT2D eigenvalue weighted by atomic mass is 32.2. The Balaban J connectivity index is 2.52. The Morgan fingerprint density at radius 2 is 1.91 bits per heavy atom. The van der Waals surface area contributed by atoms with Gasteiger partial charge in [-0.2, -0.15) is 0 Å². The van der Waals surface area contributed by atoms with Crippen molar-refractivity contribution in [1.29, 1.82) is 0 Å². The standard InChI is InChI=1S/C9H12OS/c1-8-3-5-9(6-4-8)10-7-11-2/h3-6H,7H2,1-2H3. The fraction of sp³-hybridized carbons (Fsp3) is 0.333. The van der Waals surface area contributed by atoms with Crippen molar-refractivity contribution in [1.82, 2.24) is 0 Å². The van der Waals surface area contributed by atoms with Crippen LogP contribution in [0.2, 0.25) is 0 Å². The molecule has 2 heteroatoms. The predicted octanol–water partition coefficient (Wildman–Crippen LogP) is 2.69. The van der Waals surface area contributed by atoms with E-state index in [0.717, 1.165) is 11.7 Å². The van der Waals surface area contributed by atoms with Crippen molar-refractivity contribution in [2.45, 2.75) is 6.92 Å². The first-order valence-corrected chi connectivity index (χ1v) is 4.90. The van der Waals surface area contributed by atoms with Crippen LogP contribution in [0.25, 0.3) is 0 Å². The van der Waals surface area contributed by atoms with E-state index in [4.69, 9.17) is 4.74 Å². The van der Waals surface area contributed by atoms with E-state index < -0.39 is 0 Å². The monoisotopic (exact) mass is 168 g/mol. The lowest BCUT2D eigenvalue weighted by molar-refractivity contribution is 0.393. The van der Waals surface area contributed by atoms with Crippen LogP contribution in [0.3, 0.4) is 0 Å². The molecule has 1 aromatic carbocycles. The molecule has 1 nitrogen and oxygen atoms in total. The number of aryl methyl sites for hydroxylation is 1. The molecule has 0 aliphatic carbocycles. The van der Waals surface area contributed by atoms with Gasteiger partial charge >= 0.3 is 0 Å². The Morgan fingerprint density at radius 3 is 2.45 bits per heavy atom. The summed E-state index contributed by atoms with van der Waals surface area (Å²) >= 11 is 1.68. The smallest absolute Gasteiger partial charge is 0.133 e. The van der Waals surface area contributed by atoms with Crippen molar-refractivity contribution in [2.75, 3.05) is 12.2 Å². The van der Waals surface area contributed by atoms with E-state index in [2.05, 4.69) is 19.1 Å². The molecule has 11 heavy (non-hydrogen) atoms. The van der Waals surface area contributed by atoms with Crippen LogP contribution in [0.4, 0.5) is 0 Å². The average Bonchev–Trinajstić information content (AvgIpc) is 2.04. The van der Waals surface area contributed by atoms with Crippen molar-refractivity contribution in [3.63, 3.8) is 0 Å². The normalized spacial score (nSPS) is 9.64. The average molecular weight is 168 g/mol. The molecule has 60 valence electrons. The second kappa shape index (κ2) is 4.29. The number of thioether (sulfide) groups is 1. The van der Waals surface area contributed by atoms with Gasteiger partial charge in [-0.15, -0.1) is 11.8 Å². The van der Waals surface area contributed by atoms with Gasteiger partial charge in [-0.05, 0) is 25.3 Å². The van der Waals surface area contributed by atoms with Crippen LogP contribution in [-0.4, -0.2) is 12.2 Å². The lowest BCUT2D eigenvalue weighted by Crippen LogP contribution is -1.90. The van der Waals surface area contributed by atoms with Gasteiger partial charge in [0.1, 0.15) is 11.7 Å². The highest BCUT2D eigenvalue weighted by molar-refractivity contribution is 7.98. The van der Waals surface area contributed by atoms with Gasteiger partial charge in [-0.1, -0.05) is 17.7 Å². The molecule has 0 N–H and O–H groups in total. The second-order valence-electron chi connectivity index (χ2n) is 2.36.